The van der Waals surface area contributed by atoms with Crippen LogP contribution in [0.1, 0.15) is 21.5 Å². The molecular weight excluding hydrogens is 251 g/mol. The van der Waals surface area contributed by atoms with Crippen molar-refractivity contribution in [1.82, 2.24) is 0 Å². The number of halogens is 2. The summed E-state index contributed by atoms with van der Waals surface area (Å²) in [4.78, 5) is 10.9. The smallest absolute Gasteiger partial charge is 0.150 e. The van der Waals surface area contributed by atoms with Crippen LogP contribution in [0.5, 0.6) is 0 Å². The van der Waals surface area contributed by atoms with E-state index in [4.69, 9.17) is 11.6 Å². The van der Waals surface area contributed by atoms with Crippen molar-refractivity contribution in [2.75, 3.05) is 0 Å². The van der Waals surface area contributed by atoms with E-state index < -0.39 is 0 Å². The Kier molecular flexibility index (Phi) is 3.48. The van der Waals surface area contributed by atoms with Crippen molar-refractivity contribution in [1.29, 1.82) is 0 Å². The lowest BCUT2D eigenvalue weighted by Crippen LogP contribution is -1.94. The van der Waals surface area contributed by atoms with Crippen LogP contribution in [0.3, 0.4) is 0 Å². The van der Waals surface area contributed by atoms with Crippen molar-refractivity contribution >= 4 is 17.9 Å². The van der Waals surface area contributed by atoms with Crippen molar-refractivity contribution < 1.29 is 9.18 Å². The molecule has 0 saturated heterocycles. The summed E-state index contributed by atoms with van der Waals surface area (Å²) in [6.07, 6.45) is 0.826. The number of rotatable bonds is 2. The highest BCUT2D eigenvalue weighted by atomic mass is 35.5. The largest absolute Gasteiger partial charge is 0.298 e. The molecule has 0 aromatic heterocycles. The minimum Gasteiger partial charge on any atom is -0.298 e. The second-order valence-electron chi connectivity index (χ2n) is 4.27. The molecule has 2 rings (SSSR count). The molecule has 2 aromatic carbocycles. The monoisotopic (exact) mass is 262 g/mol. The van der Waals surface area contributed by atoms with Gasteiger partial charge in [0, 0.05) is 16.1 Å². The van der Waals surface area contributed by atoms with Crippen LogP contribution in [0, 0.1) is 19.7 Å². The Bertz CT molecular complexity index is 597. The van der Waals surface area contributed by atoms with Crippen molar-refractivity contribution in [3.63, 3.8) is 0 Å². The first-order valence-electron chi connectivity index (χ1n) is 5.55. The molecule has 0 aliphatic rings. The summed E-state index contributed by atoms with van der Waals surface area (Å²) >= 11 is 5.73. The molecule has 2 aromatic rings. The van der Waals surface area contributed by atoms with Crippen LogP contribution < -0.4 is 0 Å². The van der Waals surface area contributed by atoms with Crippen LogP contribution in [-0.4, -0.2) is 6.29 Å². The van der Waals surface area contributed by atoms with Gasteiger partial charge in [-0.25, -0.2) is 4.39 Å². The SMILES string of the molecule is Cc1cc(-c2ccc(Cl)cc2F)cc(C)c1C=O. The molecule has 0 fully saturated rings. The molecule has 0 radical (unpaired) electrons. The lowest BCUT2D eigenvalue weighted by Gasteiger charge is -2.09. The molecule has 0 bridgehead atoms. The van der Waals surface area contributed by atoms with Gasteiger partial charge >= 0.3 is 0 Å². The van der Waals surface area contributed by atoms with Gasteiger partial charge in [0.1, 0.15) is 5.82 Å². The van der Waals surface area contributed by atoms with Crippen molar-refractivity contribution in [3.05, 3.63) is 57.9 Å². The molecule has 0 amide bonds. The Morgan fingerprint density at radius 3 is 2.22 bits per heavy atom. The van der Waals surface area contributed by atoms with E-state index in [0.29, 0.717) is 16.1 Å². The average molecular weight is 263 g/mol. The highest BCUT2D eigenvalue weighted by Gasteiger charge is 2.09. The molecule has 0 aliphatic heterocycles. The molecule has 0 atom stereocenters. The fourth-order valence-corrected chi connectivity index (χ4v) is 2.20. The summed E-state index contributed by atoms with van der Waals surface area (Å²) < 4.78 is 13.8. The number of hydrogen-bond donors (Lipinski definition) is 0. The maximum Gasteiger partial charge on any atom is 0.150 e. The Labute approximate surface area is 110 Å². The van der Waals surface area contributed by atoms with Crippen LogP contribution in [-0.2, 0) is 0 Å². The zero-order valence-corrected chi connectivity index (χ0v) is 10.9. The van der Waals surface area contributed by atoms with E-state index in [9.17, 15) is 9.18 Å². The topological polar surface area (TPSA) is 17.1 Å². The van der Waals surface area contributed by atoms with E-state index in [1.807, 2.05) is 26.0 Å². The highest BCUT2D eigenvalue weighted by Crippen LogP contribution is 2.28. The van der Waals surface area contributed by atoms with Gasteiger partial charge < -0.3 is 0 Å². The number of aldehydes is 1. The number of carbonyl (C=O) groups excluding carboxylic acids is 1. The van der Waals surface area contributed by atoms with Gasteiger partial charge in [0.15, 0.2) is 6.29 Å². The number of aryl methyl sites for hydroxylation is 2. The molecule has 0 N–H and O–H groups in total. The van der Waals surface area contributed by atoms with Gasteiger partial charge in [-0.1, -0.05) is 23.7 Å². The normalized spacial score (nSPS) is 10.4. The Balaban J connectivity index is 2.61. The maximum atomic E-state index is 13.8. The fourth-order valence-electron chi connectivity index (χ4n) is 2.04. The van der Waals surface area contributed by atoms with Crippen LogP contribution >= 0.6 is 11.6 Å². The van der Waals surface area contributed by atoms with Gasteiger partial charge in [0.05, 0.1) is 0 Å². The summed E-state index contributed by atoms with van der Waals surface area (Å²) in [5, 5.41) is 0.370. The zero-order chi connectivity index (χ0) is 13.3. The molecular formula is C15H12ClFO. The highest BCUT2D eigenvalue weighted by molar-refractivity contribution is 6.30. The Hall–Kier alpha value is -1.67. The first kappa shape index (κ1) is 12.8. The molecule has 0 heterocycles. The summed E-state index contributed by atoms with van der Waals surface area (Å²) in [7, 11) is 0. The number of carbonyl (C=O) groups is 1. The van der Waals surface area contributed by atoms with Gasteiger partial charge in [-0.15, -0.1) is 0 Å². The second kappa shape index (κ2) is 4.91. The molecule has 0 aliphatic carbocycles. The second-order valence-corrected chi connectivity index (χ2v) is 4.70. The van der Waals surface area contributed by atoms with Crippen LogP contribution in [0.4, 0.5) is 4.39 Å². The molecule has 1 nitrogen and oxygen atoms in total. The predicted molar refractivity (Wildman–Crippen MR) is 71.7 cm³/mol. The maximum absolute atomic E-state index is 13.8. The number of hydrogen-bond acceptors (Lipinski definition) is 1. The Morgan fingerprint density at radius 2 is 1.72 bits per heavy atom. The average Bonchev–Trinajstić information content (AvgIpc) is 2.28. The third-order valence-corrected chi connectivity index (χ3v) is 3.19. The summed E-state index contributed by atoms with van der Waals surface area (Å²) in [5.74, 6) is -0.361. The first-order chi connectivity index (χ1) is 8.52. The fraction of sp³-hybridized carbons (Fsp3) is 0.133. The van der Waals surface area contributed by atoms with E-state index >= 15 is 0 Å². The van der Waals surface area contributed by atoms with E-state index in [0.717, 1.165) is 23.0 Å². The minimum absolute atomic E-state index is 0.361. The van der Waals surface area contributed by atoms with Crippen molar-refractivity contribution in [3.8, 4) is 11.1 Å². The van der Waals surface area contributed by atoms with Gasteiger partial charge in [0.25, 0.3) is 0 Å². The van der Waals surface area contributed by atoms with E-state index in [2.05, 4.69) is 0 Å². The van der Waals surface area contributed by atoms with Crippen LogP contribution in [0.2, 0.25) is 5.02 Å². The summed E-state index contributed by atoms with van der Waals surface area (Å²) in [5.41, 5.74) is 3.59. The van der Waals surface area contributed by atoms with Gasteiger partial charge in [-0.05, 0) is 48.7 Å². The lowest BCUT2D eigenvalue weighted by molar-refractivity contribution is 0.112. The predicted octanol–water partition coefficient (Wildman–Crippen LogP) is 4.58. The quantitative estimate of drug-likeness (QED) is 0.724. The van der Waals surface area contributed by atoms with Gasteiger partial charge in [-0.3, -0.25) is 4.79 Å². The number of benzene rings is 2. The molecule has 0 spiro atoms. The van der Waals surface area contributed by atoms with Crippen molar-refractivity contribution in [2.45, 2.75) is 13.8 Å². The molecule has 0 unspecified atom stereocenters. The van der Waals surface area contributed by atoms with Crippen LogP contribution in [0.15, 0.2) is 30.3 Å². The minimum atomic E-state index is -0.361. The van der Waals surface area contributed by atoms with E-state index in [1.165, 1.54) is 6.07 Å². The molecule has 18 heavy (non-hydrogen) atoms. The van der Waals surface area contributed by atoms with Crippen molar-refractivity contribution in [2.24, 2.45) is 0 Å². The van der Waals surface area contributed by atoms with Crippen LogP contribution in [0.25, 0.3) is 11.1 Å². The lowest BCUT2D eigenvalue weighted by atomic mass is 9.96. The van der Waals surface area contributed by atoms with E-state index in [-0.39, 0.29) is 5.82 Å². The summed E-state index contributed by atoms with van der Waals surface area (Å²) in [6, 6.07) is 8.20. The third-order valence-electron chi connectivity index (χ3n) is 2.95. The van der Waals surface area contributed by atoms with Gasteiger partial charge in [-0.2, -0.15) is 0 Å². The Morgan fingerprint density at radius 1 is 1.11 bits per heavy atom. The third kappa shape index (κ3) is 2.29. The molecule has 3 heteroatoms. The first-order valence-corrected chi connectivity index (χ1v) is 5.92. The standard InChI is InChI=1S/C15H12ClFO/c1-9-5-11(6-10(2)14(9)8-18)13-4-3-12(16)7-15(13)17/h3-8H,1-2H3. The summed E-state index contributed by atoms with van der Waals surface area (Å²) in [6.45, 7) is 3.68. The van der Waals surface area contributed by atoms with Gasteiger partial charge in [0.2, 0.25) is 0 Å². The zero-order valence-electron chi connectivity index (χ0n) is 10.1. The van der Waals surface area contributed by atoms with E-state index in [1.54, 1.807) is 12.1 Å². The molecule has 0 saturated carbocycles. The molecule has 92 valence electrons.